The van der Waals surface area contributed by atoms with Crippen molar-refractivity contribution in [2.45, 2.75) is 25.9 Å². The molecule has 0 unspecified atom stereocenters. The van der Waals surface area contributed by atoms with Crippen LogP contribution in [0.3, 0.4) is 0 Å². The highest BCUT2D eigenvalue weighted by molar-refractivity contribution is 5.97. The summed E-state index contributed by atoms with van der Waals surface area (Å²) < 4.78 is 1.80. The van der Waals surface area contributed by atoms with Crippen molar-refractivity contribution in [1.29, 1.82) is 0 Å². The summed E-state index contributed by atoms with van der Waals surface area (Å²) in [5.41, 5.74) is 0.965. The van der Waals surface area contributed by atoms with E-state index >= 15 is 0 Å². The van der Waals surface area contributed by atoms with Gasteiger partial charge in [0.2, 0.25) is 11.8 Å². The highest BCUT2D eigenvalue weighted by Crippen LogP contribution is 2.21. The van der Waals surface area contributed by atoms with Crippen LogP contribution in [-0.2, 0) is 23.2 Å². The summed E-state index contributed by atoms with van der Waals surface area (Å²) in [4.78, 5) is 25.7. The second-order valence-electron chi connectivity index (χ2n) is 5.92. The number of rotatable bonds is 2. The zero-order valence-corrected chi connectivity index (χ0v) is 12.4. The lowest BCUT2D eigenvalue weighted by atomic mass is 10.0. The van der Waals surface area contributed by atoms with E-state index in [4.69, 9.17) is 0 Å². The first-order valence-corrected chi connectivity index (χ1v) is 6.89. The Morgan fingerprint density at radius 1 is 1.29 bits per heavy atom. The van der Waals surface area contributed by atoms with Crippen molar-refractivity contribution < 1.29 is 9.59 Å². The molecule has 6 nitrogen and oxygen atoms in total. The Morgan fingerprint density at radius 2 is 2.00 bits per heavy atom. The van der Waals surface area contributed by atoms with Crippen LogP contribution >= 0.6 is 0 Å². The van der Waals surface area contributed by atoms with Crippen molar-refractivity contribution in [2.24, 2.45) is 7.05 Å². The number of amides is 2. The Hall–Kier alpha value is -2.37. The Morgan fingerprint density at radius 3 is 2.76 bits per heavy atom. The molecule has 1 saturated heterocycles. The lowest BCUT2D eigenvalue weighted by Gasteiger charge is -2.37. The molecule has 1 aliphatic rings. The fourth-order valence-corrected chi connectivity index (χ4v) is 2.80. The van der Waals surface area contributed by atoms with Crippen LogP contribution in [0.25, 0.3) is 10.9 Å². The fraction of sp³-hybridized carbons (Fsp3) is 0.400. The number of nitrogens with zero attached hydrogens (tertiary/aromatic N) is 3. The first kappa shape index (κ1) is 13.6. The van der Waals surface area contributed by atoms with Gasteiger partial charge in [-0.1, -0.05) is 18.2 Å². The number of aromatic nitrogens is 2. The van der Waals surface area contributed by atoms with Gasteiger partial charge in [0.25, 0.3) is 0 Å². The van der Waals surface area contributed by atoms with E-state index in [0.29, 0.717) is 6.54 Å². The van der Waals surface area contributed by atoms with Gasteiger partial charge in [-0.05, 0) is 19.9 Å². The van der Waals surface area contributed by atoms with Gasteiger partial charge in [0, 0.05) is 12.4 Å². The first-order valence-electron chi connectivity index (χ1n) is 6.89. The van der Waals surface area contributed by atoms with E-state index in [1.54, 1.807) is 23.4 Å². The van der Waals surface area contributed by atoms with Crippen LogP contribution in [0.15, 0.2) is 24.3 Å². The Balaban J connectivity index is 1.95. The van der Waals surface area contributed by atoms with Crippen molar-refractivity contribution in [3.05, 3.63) is 30.0 Å². The number of nitrogens with one attached hydrogen (secondary N) is 1. The molecule has 0 saturated carbocycles. The van der Waals surface area contributed by atoms with Crippen LogP contribution < -0.4 is 5.32 Å². The molecule has 6 heteroatoms. The summed E-state index contributed by atoms with van der Waals surface area (Å²) in [7, 11) is 1.88. The maximum Gasteiger partial charge on any atom is 0.248 e. The first-order chi connectivity index (χ1) is 9.88. The van der Waals surface area contributed by atoms with Gasteiger partial charge in [-0.3, -0.25) is 14.3 Å². The molecule has 3 rings (SSSR count). The van der Waals surface area contributed by atoms with Crippen LogP contribution in [0.2, 0.25) is 0 Å². The molecule has 110 valence electrons. The maximum atomic E-state index is 12.4. The number of fused-ring (bicyclic) bond motifs is 1. The normalized spacial score (nSPS) is 18.1. The number of hydrogen-bond acceptors (Lipinski definition) is 3. The average molecular weight is 286 g/mol. The van der Waals surface area contributed by atoms with E-state index < -0.39 is 5.54 Å². The van der Waals surface area contributed by atoms with E-state index in [0.717, 1.165) is 16.6 Å². The third-order valence-corrected chi connectivity index (χ3v) is 3.78. The highest BCUT2D eigenvalue weighted by atomic mass is 16.2. The SMILES string of the molecule is Cn1nc(CN2CC(=O)NC(C)(C)C2=O)c2ccccc21. The van der Waals surface area contributed by atoms with Gasteiger partial charge in [-0.15, -0.1) is 0 Å². The largest absolute Gasteiger partial charge is 0.341 e. The van der Waals surface area contributed by atoms with Crippen molar-refractivity contribution in [1.82, 2.24) is 20.0 Å². The van der Waals surface area contributed by atoms with Gasteiger partial charge >= 0.3 is 0 Å². The number of para-hydroxylation sites is 1. The second-order valence-corrected chi connectivity index (χ2v) is 5.92. The minimum atomic E-state index is -0.861. The van der Waals surface area contributed by atoms with Gasteiger partial charge in [0.15, 0.2) is 0 Å². The van der Waals surface area contributed by atoms with Crippen LogP contribution in [-0.4, -0.2) is 38.6 Å². The van der Waals surface area contributed by atoms with E-state index in [1.807, 2.05) is 31.3 Å². The summed E-state index contributed by atoms with van der Waals surface area (Å²) in [6, 6.07) is 7.87. The summed E-state index contributed by atoms with van der Waals surface area (Å²) >= 11 is 0. The molecule has 1 aromatic heterocycles. The number of carbonyl (C=O) groups excluding carboxylic acids is 2. The molecule has 21 heavy (non-hydrogen) atoms. The molecule has 0 aliphatic carbocycles. The number of carbonyl (C=O) groups is 2. The number of piperazine rings is 1. The molecular weight excluding hydrogens is 268 g/mol. The minimum absolute atomic E-state index is 0.0766. The standard InChI is InChI=1S/C15H18N4O2/c1-15(2)14(21)19(9-13(20)16-15)8-11-10-6-4-5-7-12(10)18(3)17-11/h4-7H,8-9H2,1-3H3,(H,16,20). The third-order valence-electron chi connectivity index (χ3n) is 3.78. The van der Waals surface area contributed by atoms with E-state index in [2.05, 4.69) is 10.4 Å². The molecule has 1 N–H and O–H groups in total. The fourth-order valence-electron chi connectivity index (χ4n) is 2.80. The molecule has 1 aromatic carbocycles. The third kappa shape index (κ3) is 2.26. The predicted molar refractivity (Wildman–Crippen MR) is 78.4 cm³/mol. The van der Waals surface area contributed by atoms with Crippen molar-refractivity contribution >= 4 is 22.7 Å². The number of benzene rings is 1. The van der Waals surface area contributed by atoms with Gasteiger partial charge in [-0.25, -0.2) is 0 Å². The van der Waals surface area contributed by atoms with Crippen LogP contribution in [0.4, 0.5) is 0 Å². The molecule has 1 fully saturated rings. The van der Waals surface area contributed by atoms with Gasteiger partial charge in [0.05, 0.1) is 17.8 Å². The Bertz CT molecular complexity index is 732. The Kier molecular flexibility index (Phi) is 2.97. The molecule has 0 atom stereocenters. The zero-order valence-electron chi connectivity index (χ0n) is 12.4. The topological polar surface area (TPSA) is 67.2 Å². The monoisotopic (exact) mass is 286 g/mol. The number of hydrogen-bond donors (Lipinski definition) is 1. The zero-order chi connectivity index (χ0) is 15.2. The highest BCUT2D eigenvalue weighted by Gasteiger charge is 2.39. The maximum absolute atomic E-state index is 12.4. The lowest BCUT2D eigenvalue weighted by Crippen LogP contribution is -2.63. The summed E-state index contributed by atoms with van der Waals surface area (Å²) in [6.45, 7) is 3.86. The van der Waals surface area contributed by atoms with Crippen molar-refractivity contribution in [3.63, 3.8) is 0 Å². The van der Waals surface area contributed by atoms with Crippen LogP contribution in [0.5, 0.6) is 0 Å². The van der Waals surface area contributed by atoms with Crippen LogP contribution in [0.1, 0.15) is 19.5 Å². The molecule has 0 bridgehead atoms. The molecule has 2 aromatic rings. The van der Waals surface area contributed by atoms with E-state index in [1.165, 1.54) is 0 Å². The van der Waals surface area contributed by atoms with Gasteiger partial charge in [-0.2, -0.15) is 5.10 Å². The molecule has 1 aliphatic heterocycles. The lowest BCUT2D eigenvalue weighted by molar-refractivity contribution is -0.149. The smallest absolute Gasteiger partial charge is 0.248 e. The molecule has 2 amide bonds. The molecule has 0 radical (unpaired) electrons. The van der Waals surface area contributed by atoms with Gasteiger partial charge < -0.3 is 10.2 Å². The number of aryl methyl sites for hydroxylation is 1. The van der Waals surface area contributed by atoms with E-state index in [-0.39, 0.29) is 18.4 Å². The summed E-state index contributed by atoms with van der Waals surface area (Å²) in [5.74, 6) is -0.225. The Labute approximate surface area is 122 Å². The second kappa shape index (κ2) is 4.58. The summed E-state index contributed by atoms with van der Waals surface area (Å²) in [6.07, 6.45) is 0. The van der Waals surface area contributed by atoms with E-state index in [9.17, 15) is 9.59 Å². The molecular formula is C15H18N4O2. The summed E-state index contributed by atoms with van der Waals surface area (Å²) in [5, 5.41) is 8.20. The predicted octanol–water partition coefficient (Wildman–Crippen LogP) is 0.810. The molecule has 2 heterocycles. The van der Waals surface area contributed by atoms with Crippen molar-refractivity contribution in [3.8, 4) is 0 Å². The molecule has 0 spiro atoms. The van der Waals surface area contributed by atoms with Crippen LogP contribution in [0, 0.1) is 0 Å². The van der Waals surface area contributed by atoms with Crippen molar-refractivity contribution in [2.75, 3.05) is 6.54 Å². The average Bonchev–Trinajstić information content (AvgIpc) is 2.72. The minimum Gasteiger partial charge on any atom is -0.341 e. The van der Waals surface area contributed by atoms with Gasteiger partial charge in [0.1, 0.15) is 12.1 Å². The quantitative estimate of drug-likeness (QED) is 0.888.